The minimum absolute atomic E-state index is 0.129. The summed E-state index contributed by atoms with van der Waals surface area (Å²) in [7, 11) is 0. The average molecular weight is 386 g/mol. The number of hydrogen-bond acceptors (Lipinski definition) is 4. The van der Waals surface area contributed by atoms with Gasteiger partial charge in [-0.05, 0) is 31.0 Å². The van der Waals surface area contributed by atoms with Gasteiger partial charge in [-0.25, -0.2) is 4.98 Å². The molecule has 0 spiro atoms. The summed E-state index contributed by atoms with van der Waals surface area (Å²) in [4.78, 5) is 31.0. The molecular weight excluding hydrogens is 369 g/mol. The fraction of sp³-hybridized carbons (Fsp3) is 0.312. The maximum absolute atomic E-state index is 12.3. The van der Waals surface area contributed by atoms with Crippen LogP contribution in [0.2, 0.25) is 10.0 Å². The fourth-order valence-electron chi connectivity index (χ4n) is 1.90. The predicted octanol–water partition coefficient (Wildman–Crippen LogP) is 4.32. The molecule has 0 saturated heterocycles. The second-order valence-electron chi connectivity index (χ2n) is 5.54. The van der Waals surface area contributed by atoms with Crippen LogP contribution >= 0.6 is 35.0 Å². The van der Waals surface area contributed by atoms with Crippen LogP contribution in [-0.2, 0) is 4.79 Å². The summed E-state index contributed by atoms with van der Waals surface area (Å²) in [5.74, 6) is -0.111. The standard InChI is InChI=1S/C16H17Cl2N3O2S/c1-8(2)13-7-14(22)21-16(20-13)24-9(3)15(23)19-12-5-10(17)4-11(18)6-12/h4-9H,1-3H3,(H,19,23)(H,20,21,22). The molecule has 0 aliphatic carbocycles. The average Bonchev–Trinajstić information content (AvgIpc) is 2.45. The summed E-state index contributed by atoms with van der Waals surface area (Å²) in [5, 5.41) is 3.57. The summed E-state index contributed by atoms with van der Waals surface area (Å²) in [6.07, 6.45) is 0. The third-order valence-corrected chi connectivity index (χ3v) is 4.54. The van der Waals surface area contributed by atoms with Crippen LogP contribution in [0.1, 0.15) is 32.4 Å². The molecule has 0 aliphatic heterocycles. The largest absolute Gasteiger partial charge is 0.325 e. The zero-order valence-corrected chi connectivity index (χ0v) is 15.7. The van der Waals surface area contributed by atoms with Gasteiger partial charge < -0.3 is 10.3 Å². The number of rotatable bonds is 5. The van der Waals surface area contributed by atoms with E-state index in [0.717, 1.165) is 0 Å². The van der Waals surface area contributed by atoms with Crippen LogP contribution in [0.15, 0.2) is 34.2 Å². The first-order valence-electron chi connectivity index (χ1n) is 7.29. The second kappa shape index (κ2) is 8.05. The van der Waals surface area contributed by atoms with E-state index in [9.17, 15) is 9.59 Å². The Kier molecular flexibility index (Phi) is 6.32. The number of nitrogens with zero attached hydrogens (tertiary/aromatic N) is 1. The smallest absolute Gasteiger partial charge is 0.251 e. The Labute approximate surface area is 154 Å². The van der Waals surface area contributed by atoms with Gasteiger partial charge in [0, 0.05) is 21.8 Å². The molecule has 1 aromatic heterocycles. The zero-order chi connectivity index (χ0) is 17.9. The van der Waals surface area contributed by atoms with Crippen molar-refractivity contribution in [3.8, 4) is 0 Å². The molecule has 0 aliphatic rings. The highest BCUT2D eigenvalue weighted by Gasteiger charge is 2.17. The van der Waals surface area contributed by atoms with Crippen LogP contribution in [0.4, 0.5) is 5.69 Å². The molecule has 1 amide bonds. The van der Waals surface area contributed by atoms with Crippen LogP contribution in [0.3, 0.4) is 0 Å². The monoisotopic (exact) mass is 385 g/mol. The molecule has 2 rings (SSSR count). The molecular formula is C16H17Cl2N3O2S. The molecule has 1 atom stereocenters. The first-order chi connectivity index (χ1) is 11.2. The van der Waals surface area contributed by atoms with Crippen molar-refractivity contribution < 1.29 is 4.79 Å². The molecule has 2 aromatic rings. The lowest BCUT2D eigenvalue weighted by Gasteiger charge is -2.13. The number of carbonyl (C=O) groups excluding carboxylic acids is 1. The van der Waals surface area contributed by atoms with Gasteiger partial charge in [-0.2, -0.15) is 0 Å². The van der Waals surface area contributed by atoms with Crippen LogP contribution in [0, 0.1) is 0 Å². The van der Waals surface area contributed by atoms with E-state index >= 15 is 0 Å². The number of hydrogen-bond donors (Lipinski definition) is 2. The first-order valence-corrected chi connectivity index (χ1v) is 8.93. The number of aromatic amines is 1. The number of carbonyl (C=O) groups is 1. The van der Waals surface area contributed by atoms with E-state index in [4.69, 9.17) is 23.2 Å². The molecule has 8 heteroatoms. The minimum Gasteiger partial charge on any atom is -0.325 e. The Hall–Kier alpha value is -1.50. The molecule has 1 heterocycles. The molecule has 0 saturated carbocycles. The van der Waals surface area contributed by atoms with Gasteiger partial charge in [0.15, 0.2) is 5.16 Å². The van der Waals surface area contributed by atoms with Crippen LogP contribution in [0.25, 0.3) is 0 Å². The third-order valence-electron chi connectivity index (χ3n) is 3.12. The van der Waals surface area contributed by atoms with Crippen molar-refractivity contribution >= 4 is 46.6 Å². The van der Waals surface area contributed by atoms with Crippen LogP contribution < -0.4 is 10.9 Å². The van der Waals surface area contributed by atoms with Gasteiger partial charge >= 0.3 is 0 Å². The van der Waals surface area contributed by atoms with E-state index < -0.39 is 5.25 Å². The Morgan fingerprint density at radius 3 is 2.38 bits per heavy atom. The van der Waals surface area contributed by atoms with Crippen molar-refractivity contribution in [2.75, 3.05) is 5.32 Å². The molecule has 0 radical (unpaired) electrons. The van der Waals surface area contributed by atoms with Crippen molar-refractivity contribution in [3.63, 3.8) is 0 Å². The number of aromatic nitrogens is 2. The number of amides is 1. The number of thioether (sulfide) groups is 1. The van der Waals surface area contributed by atoms with Gasteiger partial charge in [0.2, 0.25) is 5.91 Å². The van der Waals surface area contributed by atoms with Crippen molar-refractivity contribution in [2.45, 2.75) is 37.1 Å². The molecule has 5 nitrogen and oxygen atoms in total. The van der Waals surface area contributed by atoms with Gasteiger partial charge in [-0.1, -0.05) is 48.8 Å². The highest BCUT2D eigenvalue weighted by atomic mass is 35.5. The SMILES string of the molecule is CC(Sc1nc(C(C)C)cc(=O)[nH]1)C(=O)Nc1cc(Cl)cc(Cl)c1. The van der Waals surface area contributed by atoms with E-state index in [2.05, 4.69) is 15.3 Å². The fourth-order valence-corrected chi connectivity index (χ4v) is 3.24. The lowest BCUT2D eigenvalue weighted by atomic mass is 10.1. The number of H-pyrrole nitrogens is 1. The predicted molar refractivity (Wildman–Crippen MR) is 99.4 cm³/mol. The lowest BCUT2D eigenvalue weighted by Crippen LogP contribution is -2.23. The van der Waals surface area contributed by atoms with Gasteiger partial charge in [0.05, 0.1) is 10.9 Å². The van der Waals surface area contributed by atoms with Crippen molar-refractivity contribution in [1.82, 2.24) is 9.97 Å². The highest BCUT2D eigenvalue weighted by Crippen LogP contribution is 2.25. The minimum atomic E-state index is -0.465. The van der Waals surface area contributed by atoms with Gasteiger partial charge in [0.1, 0.15) is 0 Å². The summed E-state index contributed by atoms with van der Waals surface area (Å²) in [6.45, 7) is 5.64. The molecule has 24 heavy (non-hydrogen) atoms. The van der Waals surface area contributed by atoms with Crippen LogP contribution in [-0.4, -0.2) is 21.1 Å². The maximum atomic E-state index is 12.3. The van der Waals surface area contributed by atoms with E-state index in [1.165, 1.54) is 17.8 Å². The Morgan fingerprint density at radius 2 is 1.79 bits per heavy atom. The van der Waals surface area contributed by atoms with Crippen molar-refractivity contribution in [1.29, 1.82) is 0 Å². The Balaban J connectivity index is 2.10. The van der Waals surface area contributed by atoms with E-state index in [-0.39, 0.29) is 17.4 Å². The maximum Gasteiger partial charge on any atom is 0.251 e. The van der Waals surface area contributed by atoms with Gasteiger partial charge in [-0.3, -0.25) is 9.59 Å². The van der Waals surface area contributed by atoms with Gasteiger partial charge in [0.25, 0.3) is 5.56 Å². The number of nitrogens with one attached hydrogen (secondary N) is 2. The molecule has 2 N–H and O–H groups in total. The van der Waals surface area contributed by atoms with Crippen LogP contribution in [0.5, 0.6) is 0 Å². The Morgan fingerprint density at radius 1 is 1.17 bits per heavy atom. The Bertz CT molecular complexity index is 788. The second-order valence-corrected chi connectivity index (χ2v) is 7.74. The lowest BCUT2D eigenvalue weighted by molar-refractivity contribution is -0.115. The van der Waals surface area contributed by atoms with Crippen molar-refractivity contribution in [3.05, 3.63) is 50.4 Å². The molecule has 1 unspecified atom stereocenters. The quantitative estimate of drug-likeness (QED) is 0.593. The summed E-state index contributed by atoms with van der Waals surface area (Å²) in [6, 6.07) is 6.28. The normalized spacial score (nSPS) is 12.2. The summed E-state index contributed by atoms with van der Waals surface area (Å²) >= 11 is 13.0. The third kappa shape index (κ3) is 5.26. The van der Waals surface area contributed by atoms with Crippen molar-refractivity contribution in [2.24, 2.45) is 0 Å². The topological polar surface area (TPSA) is 74.8 Å². The molecule has 0 fully saturated rings. The molecule has 128 valence electrons. The highest BCUT2D eigenvalue weighted by molar-refractivity contribution is 8.00. The zero-order valence-electron chi connectivity index (χ0n) is 13.4. The molecule has 1 aromatic carbocycles. The number of benzene rings is 1. The van der Waals surface area contributed by atoms with E-state index in [1.54, 1.807) is 25.1 Å². The number of anilines is 1. The number of halogens is 2. The van der Waals surface area contributed by atoms with E-state index in [0.29, 0.717) is 26.6 Å². The van der Waals surface area contributed by atoms with E-state index in [1.807, 2.05) is 13.8 Å². The van der Waals surface area contributed by atoms with Gasteiger partial charge in [-0.15, -0.1) is 0 Å². The summed E-state index contributed by atoms with van der Waals surface area (Å²) < 4.78 is 0. The first kappa shape index (κ1) is 18.8. The molecule has 0 bridgehead atoms. The summed E-state index contributed by atoms with van der Waals surface area (Å²) in [5.41, 5.74) is 0.975.